The van der Waals surface area contributed by atoms with E-state index < -0.39 is 30.1 Å². The maximum absolute atomic E-state index is 12.1. The number of aliphatic hydroxyl groups is 1. The predicted octanol–water partition coefficient (Wildman–Crippen LogP) is -0.662. The fourth-order valence-corrected chi connectivity index (χ4v) is 2.51. The molecule has 2 fully saturated rings. The Bertz CT molecular complexity index is 419. The molecule has 2 aliphatic rings. The maximum atomic E-state index is 12.1. The van der Waals surface area contributed by atoms with E-state index in [0.29, 0.717) is 13.0 Å². The molecule has 1 saturated heterocycles. The highest BCUT2D eigenvalue weighted by atomic mass is 16.4. The Labute approximate surface area is 116 Å². The van der Waals surface area contributed by atoms with Crippen LogP contribution in [0.5, 0.6) is 0 Å². The minimum atomic E-state index is -1.35. The summed E-state index contributed by atoms with van der Waals surface area (Å²) < 4.78 is 0. The third kappa shape index (κ3) is 3.09. The molecule has 20 heavy (non-hydrogen) atoms. The first-order valence-electron chi connectivity index (χ1n) is 6.93. The van der Waals surface area contributed by atoms with E-state index in [9.17, 15) is 19.5 Å². The van der Waals surface area contributed by atoms with Gasteiger partial charge in [0.1, 0.15) is 6.04 Å². The number of hydrogen-bond donors (Lipinski definition) is 3. The van der Waals surface area contributed by atoms with Crippen molar-refractivity contribution in [1.82, 2.24) is 10.2 Å². The number of hydrogen-bond acceptors (Lipinski definition) is 4. The number of likely N-dealkylation sites (tertiary alicyclic amines) is 1. The standard InChI is InChI=1S/C13H20N2O5/c1-7(16)10(13(19)20)14-11(17)9-3-2-6-15(9)12(18)8-4-5-8/h7-10,16H,2-6H2,1H3,(H,14,17)(H,19,20)/t7-,9?,10+/m1/s1. The lowest BCUT2D eigenvalue weighted by Crippen LogP contribution is -2.54. The second-order valence-corrected chi connectivity index (χ2v) is 5.53. The summed E-state index contributed by atoms with van der Waals surface area (Å²) in [6.07, 6.45) is 1.83. The molecule has 1 heterocycles. The fraction of sp³-hybridized carbons (Fsp3) is 0.769. The van der Waals surface area contributed by atoms with Crippen molar-refractivity contribution < 1.29 is 24.6 Å². The quantitative estimate of drug-likeness (QED) is 0.621. The fourth-order valence-electron chi connectivity index (χ4n) is 2.51. The number of carboxylic acid groups (broad SMARTS) is 1. The van der Waals surface area contributed by atoms with Gasteiger partial charge >= 0.3 is 5.97 Å². The number of rotatable bonds is 5. The van der Waals surface area contributed by atoms with Crippen LogP contribution in [0.2, 0.25) is 0 Å². The van der Waals surface area contributed by atoms with Crippen LogP contribution in [0.15, 0.2) is 0 Å². The van der Waals surface area contributed by atoms with Gasteiger partial charge in [0.25, 0.3) is 0 Å². The highest BCUT2D eigenvalue weighted by Crippen LogP contribution is 2.33. The number of aliphatic carboxylic acids is 1. The van der Waals surface area contributed by atoms with Crippen LogP contribution in [-0.4, -0.2) is 57.6 Å². The molecule has 0 aromatic rings. The second kappa shape index (κ2) is 5.78. The zero-order valence-electron chi connectivity index (χ0n) is 11.4. The Morgan fingerprint density at radius 2 is 1.90 bits per heavy atom. The Hall–Kier alpha value is -1.63. The van der Waals surface area contributed by atoms with E-state index in [2.05, 4.69) is 5.32 Å². The van der Waals surface area contributed by atoms with Gasteiger partial charge in [-0.25, -0.2) is 4.79 Å². The first-order valence-corrected chi connectivity index (χ1v) is 6.93. The summed E-state index contributed by atoms with van der Waals surface area (Å²) >= 11 is 0. The first-order chi connectivity index (χ1) is 9.41. The molecular formula is C13H20N2O5. The molecule has 0 bridgehead atoms. The van der Waals surface area contributed by atoms with Crippen molar-refractivity contribution in [2.75, 3.05) is 6.54 Å². The van der Waals surface area contributed by atoms with Crippen molar-refractivity contribution in [3.05, 3.63) is 0 Å². The van der Waals surface area contributed by atoms with Crippen LogP contribution in [0.3, 0.4) is 0 Å². The van der Waals surface area contributed by atoms with Gasteiger partial charge in [0.2, 0.25) is 11.8 Å². The van der Waals surface area contributed by atoms with E-state index in [1.165, 1.54) is 6.92 Å². The summed E-state index contributed by atoms with van der Waals surface area (Å²) in [7, 11) is 0. The normalized spacial score (nSPS) is 25.1. The molecule has 7 nitrogen and oxygen atoms in total. The lowest BCUT2D eigenvalue weighted by Gasteiger charge is -2.26. The van der Waals surface area contributed by atoms with Crippen molar-refractivity contribution in [1.29, 1.82) is 0 Å². The van der Waals surface area contributed by atoms with Crippen LogP contribution >= 0.6 is 0 Å². The molecule has 1 saturated carbocycles. The topological polar surface area (TPSA) is 107 Å². The highest BCUT2D eigenvalue weighted by molar-refractivity contribution is 5.92. The molecule has 3 N–H and O–H groups in total. The number of aliphatic hydroxyl groups excluding tert-OH is 1. The Morgan fingerprint density at radius 3 is 2.40 bits per heavy atom. The predicted molar refractivity (Wildman–Crippen MR) is 68.7 cm³/mol. The summed E-state index contributed by atoms with van der Waals surface area (Å²) in [5.74, 6) is -1.75. The zero-order chi connectivity index (χ0) is 14.9. The summed E-state index contributed by atoms with van der Waals surface area (Å²) in [6.45, 7) is 1.85. The van der Waals surface area contributed by atoms with Gasteiger partial charge in [-0.3, -0.25) is 9.59 Å². The van der Waals surface area contributed by atoms with Gasteiger partial charge in [0.05, 0.1) is 6.10 Å². The van der Waals surface area contributed by atoms with E-state index in [-0.39, 0.29) is 11.8 Å². The number of carbonyl (C=O) groups excluding carboxylic acids is 2. The van der Waals surface area contributed by atoms with E-state index in [1.54, 1.807) is 4.90 Å². The number of carbonyl (C=O) groups is 3. The lowest BCUT2D eigenvalue weighted by molar-refractivity contribution is -0.146. The molecule has 7 heteroatoms. The molecule has 3 atom stereocenters. The summed E-state index contributed by atoms with van der Waals surface area (Å²) in [4.78, 5) is 36.7. The van der Waals surface area contributed by atoms with Crippen LogP contribution in [0.25, 0.3) is 0 Å². The third-order valence-corrected chi connectivity index (χ3v) is 3.81. The average molecular weight is 284 g/mol. The van der Waals surface area contributed by atoms with Gasteiger partial charge < -0.3 is 20.4 Å². The monoisotopic (exact) mass is 284 g/mol. The Morgan fingerprint density at radius 1 is 1.25 bits per heavy atom. The maximum Gasteiger partial charge on any atom is 0.328 e. The largest absolute Gasteiger partial charge is 0.480 e. The van der Waals surface area contributed by atoms with Gasteiger partial charge in [-0.1, -0.05) is 0 Å². The molecule has 1 aliphatic heterocycles. The first kappa shape index (κ1) is 14.8. The number of nitrogens with zero attached hydrogens (tertiary/aromatic N) is 1. The Balaban J connectivity index is 2.00. The minimum Gasteiger partial charge on any atom is -0.480 e. The molecule has 2 amide bonds. The average Bonchev–Trinajstić information content (AvgIpc) is 3.11. The smallest absolute Gasteiger partial charge is 0.328 e. The van der Waals surface area contributed by atoms with Crippen molar-refractivity contribution in [3.8, 4) is 0 Å². The van der Waals surface area contributed by atoms with Crippen molar-refractivity contribution >= 4 is 17.8 Å². The van der Waals surface area contributed by atoms with Crippen molar-refractivity contribution in [3.63, 3.8) is 0 Å². The lowest BCUT2D eigenvalue weighted by atomic mass is 10.1. The van der Waals surface area contributed by atoms with Crippen molar-refractivity contribution in [2.24, 2.45) is 5.92 Å². The summed E-state index contributed by atoms with van der Waals surface area (Å²) in [5.41, 5.74) is 0. The van der Waals surface area contributed by atoms with E-state index in [1.807, 2.05) is 0 Å². The van der Waals surface area contributed by atoms with Crippen LogP contribution in [0.1, 0.15) is 32.6 Å². The van der Waals surface area contributed by atoms with Crippen LogP contribution < -0.4 is 5.32 Å². The minimum absolute atomic E-state index is 0.00780. The molecule has 1 unspecified atom stereocenters. The van der Waals surface area contributed by atoms with Gasteiger partial charge in [-0.05, 0) is 32.6 Å². The van der Waals surface area contributed by atoms with Gasteiger partial charge in [-0.15, -0.1) is 0 Å². The molecule has 2 rings (SSSR count). The van der Waals surface area contributed by atoms with E-state index in [0.717, 1.165) is 19.3 Å². The number of carboxylic acids is 1. The van der Waals surface area contributed by atoms with Crippen LogP contribution in [-0.2, 0) is 14.4 Å². The van der Waals surface area contributed by atoms with Gasteiger partial charge in [0, 0.05) is 12.5 Å². The number of nitrogens with one attached hydrogen (secondary N) is 1. The van der Waals surface area contributed by atoms with E-state index >= 15 is 0 Å². The highest BCUT2D eigenvalue weighted by Gasteiger charge is 2.41. The Kier molecular flexibility index (Phi) is 4.27. The van der Waals surface area contributed by atoms with Crippen molar-refractivity contribution in [2.45, 2.75) is 50.8 Å². The zero-order valence-corrected chi connectivity index (χ0v) is 11.4. The molecular weight excluding hydrogens is 264 g/mol. The molecule has 0 aromatic heterocycles. The van der Waals surface area contributed by atoms with Gasteiger partial charge in [-0.2, -0.15) is 0 Å². The van der Waals surface area contributed by atoms with Gasteiger partial charge in [0.15, 0.2) is 6.04 Å². The van der Waals surface area contributed by atoms with Crippen LogP contribution in [0, 0.1) is 5.92 Å². The second-order valence-electron chi connectivity index (χ2n) is 5.53. The summed E-state index contributed by atoms with van der Waals surface area (Å²) in [5, 5.41) is 20.6. The molecule has 0 aromatic carbocycles. The molecule has 0 spiro atoms. The molecule has 112 valence electrons. The molecule has 0 radical (unpaired) electrons. The third-order valence-electron chi connectivity index (χ3n) is 3.81. The van der Waals surface area contributed by atoms with Crippen LogP contribution in [0.4, 0.5) is 0 Å². The summed E-state index contributed by atoms with van der Waals surface area (Å²) in [6, 6.07) is -1.95. The molecule has 1 aliphatic carbocycles. The SMILES string of the molecule is C[C@@H](O)[C@H](NC(=O)C1CCCN1C(=O)C1CC1)C(=O)O. The number of amides is 2. The van der Waals surface area contributed by atoms with E-state index in [4.69, 9.17) is 5.11 Å².